The lowest BCUT2D eigenvalue weighted by molar-refractivity contribution is -0.140. The summed E-state index contributed by atoms with van der Waals surface area (Å²) < 4.78 is 0. The van der Waals surface area contributed by atoms with Crippen molar-refractivity contribution in [3.05, 3.63) is 94.0 Å². The van der Waals surface area contributed by atoms with Gasteiger partial charge in [-0.15, -0.1) is 0 Å². The SMILES string of the molecule is CCCCCCC1(CCCCCC)c2cc(C(=O)c3ccccc3C)ccc2-c2ccc(/C(C)=N\OC(C)=O)cc21. The van der Waals surface area contributed by atoms with E-state index < -0.39 is 5.97 Å². The number of fused-ring (bicyclic) bond motifs is 3. The zero-order chi connectivity index (χ0) is 29.4. The fourth-order valence-electron chi connectivity index (χ4n) is 6.40. The molecule has 4 heteroatoms. The van der Waals surface area contributed by atoms with Crippen LogP contribution < -0.4 is 0 Å². The summed E-state index contributed by atoms with van der Waals surface area (Å²) in [6, 6.07) is 20.7. The Hall–Kier alpha value is -3.53. The Labute approximate surface area is 246 Å². The van der Waals surface area contributed by atoms with Crippen LogP contribution in [0.25, 0.3) is 11.1 Å². The molecule has 0 saturated carbocycles. The third kappa shape index (κ3) is 6.69. The van der Waals surface area contributed by atoms with Crippen LogP contribution >= 0.6 is 0 Å². The van der Waals surface area contributed by atoms with Gasteiger partial charge in [-0.3, -0.25) is 4.79 Å². The summed E-state index contributed by atoms with van der Waals surface area (Å²) in [6.07, 6.45) is 11.6. The average Bonchev–Trinajstić information content (AvgIpc) is 3.24. The molecule has 0 bridgehead atoms. The summed E-state index contributed by atoms with van der Waals surface area (Å²) in [4.78, 5) is 30.2. The Bertz CT molecular complexity index is 1410. The Morgan fingerprint density at radius 1 is 0.732 bits per heavy atom. The molecule has 0 saturated heterocycles. The van der Waals surface area contributed by atoms with E-state index in [1.54, 1.807) is 0 Å². The first-order valence-corrected chi connectivity index (χ1v) is 15.4. The van der Waals surface area contributed by atoms with Gasteiger partial charge in [-0.2, -0.15) is 0 Å². The van der Waals surface area contributed by atoms with Crippen LogP contribution in [0.15, 0.2) is 65.8 Å². The van der Waals surface area contributed by atoms with Crippen molar-refractivity contribution in [3.8, 4) is 11.1 Å². The van der Waals surface area contributed by atoms with Crippen molar-refractivity contribution >= 4 is 17.5 Å². The second-order valence-corrected chi connectivity index (χ2v) is 11.6. The first-order valence-electron chi connectivity index (χ1n) is 15.4. The largest absolute Gasteiger partial charge is 0.331 e. The van der Waals surface area contributed by atoms with E-state index in [4.69, 9.17) is 4.84 Å². The predicted octanol–water partition coefficient (Wildman–Crippen LogP) is 9.72. The van der Waals surface area contributed by atoms with Gasteiger partial charge in [0.2, 0.25) is 0 Å². The minimum absolute atomic E-state index is 0.0813. The summed E-state index contributed by atoms with van der Waals surface area (Å²) >= 11 is 0. The molecule has 4 rings (SSSR count). The summed E-state index contributed by atoms with van der Waals surface area (Å²) in [5.41, 5.74) is 9.05. The molecule has 4 nitrogen and oxygen atoms in total. The quantitative estimate of drug-likeness (QED) is 0.0659. The molecule has 0 spiro atoms. The van der Waals surface area contributed by atoms with Gasteiger partial charge in [0, 0.05) is 23.5 Å². The molecule has 0 amide bonds. The summed E-state index contributed by atoms with van der Waals surface area (Å²) in [5.74, 6) is -0.345. The molecule has 0 aliphatic heterocycles. The Kier molecular flexibility index (Phi) is 10.3. The lowest BCUT2D eigenvalue weighted by Crippen LogP contribution is -2.26. The van der Waals surface area contributed by atoms with Gasteiger partial charge in [0.25, 0.3) is 0 Å². The lowest BCUT2D eigenvalue weighted by atomic mass is 9.70. The second kappa shape index (κ2) is 13.9. The number of ketones is 1. The van der Waals surface area contributed by atoms with Crippen molar-refractivity contribution in [2.24, 2.45) is 5.16 Å². The summed E-state index contributed by atoms with van der Waals surface area (Å²) in [7, 11) is 0. The van der Waals surface area contributed by atoms with Crippen LogP contribution in [0.4, 0.5) is 0 Å². The fourth-order valence-corrected chi connectivity index (χ4v) is 6.40. The third-order valence-corrected chi connectivity index (χ3v) is 8.66. The number of hydrogen-bond acceptors (Lipinski definition) is 4. The first kappa shape index (κ1) is 30.4. The van der Waals surface area contributed by atoms with Crippen molar-refractivity contribution in [1.82, 2.24) is 0 Å². The summed E-state index contributed by atoms with van der Waals surface area (Å²) in [6.45, 7) is 9.76. The number of aryl methyl sites for hydroxylation is 1. The number of oxime groups is 1. The molecule has 216 valence electrons. The van der Waals surface area contributed by atoms with Crippen LogP contribution in [0.3, 0.4) is 0 Å². The van der Waals surface area contributed by atoms with Crippen molar-refractivity contribution in [2.75, 3.05) is 0 Å². The molecule has 1 aliphatic rings. The fraction of sp³-hybridized carbons (Fsp3) is 0.432. The number of carbonyl (C=O) groups is 2. The first-order chi connectivity index (χ1) is 19.8. The number of unbranched alkanes of at least 4 members (excludes halogenated alkanes) is 6. The maximum Gasteiger partial charge on any atom is 0.331 e. The molecule has 0 N–H and O–H groups in total. The van der Waals surface area contributed by atoms with E-state index in [9.17, 15) is 9.59 Å². The van der Waals surface area contributed by atoms with Gasteiger partial charge in [0.1, 0.15) is 0 Å². The third-order valence-electron chi connectivity index (χ3n) is 8.66. The molecule has 3 aromatic rings. The van der Waals surface area contributed by atoms with Crippen LogP contribution in [-0.4, -0.2) is 17.5 Å². The Morgan fingerprint density at radius 2 is 1.29 bits per heavy atom. The maximum absolute atomic E-state index is 13.8. The highest BCUT2D eigenvalue weighted by molar-refractivity contribution is 6.10. The highest BCUT2D eigenvalue weighted by Gasteiger charge is 2.43. The zero-order valence-corrected chi connectivity index (χ0v) is 25.5. The molecule has 0 fully saturated rings. The minimum atomic E-state index is -0.426. The standard InChI is InChI=1S/C37H45NO3/c1-6-8-10-14-22-37(23-15-11-9-7-2)34-24-29(27(4)38-41-28(5)39)18-20-32(34)33-21-19-30(25-35(33)37)36(40)31-17-13-12-16-26(31)3/h12-13,16-21,24-25H,6-11,14-15,22-23H2,1-5H3/b38-27-. The van der Waals surface area contributed by atoms with Crippen molar-refractivity contribution in [2.45, 2.75) is 104 Å². The molecule has 0 radical (unpaired) electrons. The Balaban J connectivity index is 1.86. The van der Waals surface area contributed by atoms with Crippen LogP contribution in [0.5, 0.6) is 0 Å². The smallest absolute Gasteiger partial charge is 0.318 e. The Morgan fingerprint density at radius 3 is 1.85 bits per heavy atom. The number of rotatable bonds is 14. The minimum Gasteiger partial charge on any atom is -0.318 e. The molecule has 1 aliphatic carbocycles. The maximum atomic E-state index is 13.8. The van der Waals surface area contributed by atoms with E-state index in [1.807, 2.05) is 44.2 Å². The molecule has 41 heavy (non-hydrogen) atoms. The second-order valence-electron chi connectivity index (χ2n) is 11.6. The predicted molar refractivity (Wildman–Crippen MR) is 169 cm³/mol. The van der Waals surface area contributed by atoms with E-state index in [2.05, 4.69) is 49.3 Å². The lowest BCUT2D eigenvalue weighted by Gasteiger charge is -2.33. The van der Waals surface area contributed by atoms with Crippen molar-refractivity contribution in [3.63, 3.8) is 0 Å². The van der Waals surface area contributed by atoms with Crippen LogP contribution in [0.2, 0.25) is 0 Å². The monoisotopic (exact) mass is 551 g/mol. The van der Waals surface area contributed by atoms with E-state index >= 15 is 0 Å². The van der Waals surface area contributed by atoms with Crippen LogP contribution in [-0.2, 0) is 15.0 Å². The van der Waals surface area contributed by atoms with E-state index in [1.165, 1.54) is 67.7 Å². The van der Waals surface area contributed by atoms with E-state index in [-0.39, 0.29) is 11.2 Å². The van der Waals surface area contributed by atoms with E-state index in [0.717, 1.165) is 47.9 Å². The van der Waals surface area contributed by atoms with Gasteiger partial charge in [-0.1, -0.05) is 119 Å². The van der Waals surface area contributed by atoms with Crippen molar-refractivity contribution in [1.29, 1.82) is 0 Å². The summed E-state index contributed by atoms with van der Waals surface area (Å²) in [5, 5.41) is 4.09. The number of carbonyl (C=O) groups excluding carboxylic acids is 2. The van der Waals surface area contributed by atoms with Gasteiger partial charge in [0.05, 0.1) is 5.71 Å². The molecular formula is C37H45NO3. The van der Waals surface area contributed by atoms with Crippen molar-refractivity contribution < 1.29 is 14.4 Å². The number of benzene rings is 3. The van der Waals surface area contributed by atoms with E-state index in [0.29, 0.717) is 5.71 Å². The van der Waals surface area contributed by atoms with Gasteiger partial charge in [-0.25, -0.2) is 4.79 Å². The number of hydrogen-bond donors (Lipinski definition) is 0. The highest BCUT2D eigenvalue weighted by atomic mass is 16.7. The van der Waals surface area contributed by atoms with Gasteiger partial charge < -0.3 is 4.84 Å². The highest BCUT2D eigenvalue weighted by Crippen LogP contribution is 2.54. The van der Waals surface area contributed by atoms with Crippen LogP contribution in [0, 0.1) is 6.92 Å². The number of nitrogens with zero attached hydrogens (tertiary/aromatic N) is 1. The van der Waals surface area contributed by atoms with Gasteiger partial charge >= 0.3 is 5.97 Å². The molecule has 0 aromatic heterocycles. The average molecular weight is 552 g/mol. The molecule has 3 aromatic carbocycles. The zero-order valence-electron chi connectivity index (χ0n) is 25.5. The van der Waals surface area contributed by atoms with Gasteiger partial charge in [0.15, 0.2) is 5.78 Å². The molecule has 0 heterocycles. The molecular weight excluding hydrogens is 506 g/mol. The van der Waals surface area contributed by atoms with Gasteiger partial charge in [-0.05, 0) is 72.2 Å². The molecule has 0 atom stereocenters. The molecule has 0 unspecified atom stereocenters. The normalized spacial score (nSPS) is 13.5. The van der Waals surface area contributed by atoms with Crippen LogP contribution in [0.1, 0.15) is 130 Å². The topological polar surface area (TPSA) is 55.7 Å².